The highest BCUT2D eigenvalue weighted by atomic mass is 16.4. The van der Waals surface area contributed by atoms with Crippen molar-refractivity contribution in [3.63, 3.8) is 0 Å². The van der Waals surface area contributed by atoms with E-state index in [4.69, 9.17) is 4.42 Å². The maximum Gasteiger partial charge on any atom is 0.219 e. The topological polar surface area (TPSA) is 51.0 Å². The van der Waals surface area contributed by atoms with Crippen molar-refractivity contribution in [1.29, 1.82) is 0 Å². The van der Waals surface area contributed by atoms with Crippen LogP contribution in [0, 0.1) is 0 Å². The highest BCUT2D eigenvalue weighted by Crippen LogP contribution is 2.25. The lowest BCUT2D eigenvalue weighted by Gasteiger charge is -2.09. The second-order valence-corrected chi connectivity index (χ2v) is 5.64. The van der Waals surface area contributed by atoms with Gasteiger partial charge in [-0.25, -0.2) is 0 Å². The van der Waals surface area contributed by atoms with Gasteiger partial charge in [0.05, 0.1) is 0 Å². The number of hydrogen-bond acceptors (Lipinski definition) is 4. The monoisotopic (exact) mass is 265 g/mol. The van der Waals surface area contributed by atoms with Crippen LogP contribution in [0.15, 0.2) is 4.42 Å². The Bertz CT molecular complexity index is 354. The van der Waals surface area contributed by atoms with Crippen molar-refractivity contribution < 1.29 is 4.42 Å². The third-order valence-corrected chi connectivity index (χ3v) is 3.68. The van der Waals surface area contributed by atoms with Crippen LogP contribution in [0.4, 0.5) is 0 Å². The Hall–Kier alpha value is -0.900. The Labute approximate surface area is 116 Å². The van der Waals surface area contributed by atoms with Crippen LogP contribution in [0.1, 0.15) is 76.5 Å². The van der Waals surface area contributed by atoms with E-state index in [1.54, 1.807) is 0 Å². The van der Waals surface area contributed by atoms with Crippen LogP contribution in [0.3, 0.4) is 0 Å². The van der Waals surface area contributed by atoms with Crippen LogP contribution in [0.5, 0.6) is 0 Å². The molecule has 2 rings (SSSR count). The Morgan fingerprint density at radius 3 is 2.58 bits per heavy atom. The number of rotatable bonds is 10. The minimum absolute atomic E-state index is 0.459. The summed E-state index contributed by atoms with van der Waals surface area (Å²) >= 11 is 0. The smallest absolute Gasteiger partial charge is 0.219 e. The van der Waals surface area contributed by atoms with E-state index < -0.39 is 0 Å². The van der Waals surface area contributed by atoms with E-state index in [9.17, 15) is 0 Å². The van der Waals surface area contributed by atoms with Crippen molar-refractivity contribution in [3.8, 4) is 0 Å². The molecule has 1 aliphatic rings. The average molecular weight is 265 g/mol. The molecule has 4 nitrogen and oxygen atoms in total. The van der Waals surface area contributed by atoms with Crippen molar-refractivity contribution in [1.82, 2.24) is 15.5 Å². The molecule has 19 heavy (non-hydrogen) atoms. The summed E-state index contributed by atoms with van der Waals surface area (Å²) in [6, 6.07) is 0.789. The number of aromatic nitrogens is 2. The van der Waals surface area contributed by atoms with E-state index >= 15 is 0 Å². The summed E-state index contributed by atoms with van der Waals surface area (Å²) in [6.45, 7) is 5.49. The molecule has 0 spiro atoms. The largest absolute Gasteiger partial charge is 0.425 e. The minimum Gasteiger partial charge on any atom is -0.425 e. The molecule has 1 heterocycles. The zero-order valence-electron chi connectivity index (χ0n) is 12.3. The van der Waals surface area contributed by atoms with Gasteiger partial charge in [-0.2, -0.15) is 0 Å². The lowest BCUT2D eigenvalue weighted by Crippen LogP contribution is -2.17. The first kappa shape index (κ1) is 14.5. The molecular formula is C15H27N3O. The van der Waals surface area contributed by atoms with Gasteiger partial charge in [0.25, 0.3) is 0 Å². The summed E-state index contributed by atoms with van der Waals surface area (Å²) in [5.74, 6) is 2.12. The van der Waals surface area contributed by atoms with Crippen LogP contribution in [-0.4, -0.2) is 22.8 Å². The standard InChI is InChI=1S/C15H27N3O/c1-3-6-12(7-4-2)15-18-17-14(19-15)8-5-11-16-13-9-10-13/h12-13,16H,3-11H2,1-2H3. The van der Waals surface area contributed by atoms with Crippen molar-refractivity contribution >= 4 is 0 Å². The number of nitrogens with zero attached hydrogens (tertiary/aromatic N) is 2. The molecule has 1 aliphatic carbocycles. The Kier molecular flexibility index (Phi) is 5.83. The molecular weight excluding hydrogens is 238 g/mol. The van der Waals surface area contributed by atoms with Gasteiger partial charge in [-0.05, 0) is 38.6 Å². The summed E-state index contributed by atoms with van der Waals surface area (Å²) in [6.07, 6.45) is 9.34. The highest BCUT2D eigenvalue weighted by Gasteiger charge is 2.20. The molecule has 0 aromatic carbocycles. The van der Waals surface area contributed by atoms with E-state index in [0.717, 1.165) is 50.1 Å². The highest BCUT2D eigenvalue weighted by molar-refractivity contribution is 4.91. The fraction of sp³-hybridized carbons (Fsp3) is 0.867. The number of nitrogens with one attached hydrogen (secondary N) is 1. The van der Waals surface area contributed by atoms with Crippen LogP contribution in [0.25, 0.3) is 0 Å². The van der Waals surface area contributed by atoms with Crippen LogP contribution >= 0.6 is 0 Å². The molecule has 1 saturated carbocycles. The van der Waals surface area contributed by atoms with Crippen molar-refractivity contribution in [2.75, 3.05) is 6.54 Å². The molecule has 0 amide bonds. The lowest BCUT2D eigenvalue weighted by atomic mass is 9.98. The maximum absolute atomic E-state index is 5.82. The average Bonchev–Trinajstić information content (AvgIpc) is 3.12. The van der Waals surface area contributed by atoms with Crippen molar-refractivity contribution in [3.05, 3.63) is 11.8 Å². The molecule has 0 unspecified atom stereocenters. The van der Waals surface area contributed by atoms with Crippen LogP contribution < -0.4 is 5.32 Å². The molecule has 0 radical (unpaired) electrons. The second-order valence-electron chi connectivity index (χ2n) is 5.64. The van der Waals surface area contributed by atoms with E-state index in [0.29, 0.717) is 5.92 Å². The first-order valence-corrected chi connectivity index (χ1v) is 7.89. The maximum atomic E-state index is 5.82. The Morgan fingerprint density at radius 1 is 1.21 bits per heavy atom. The molecule has 1 fully saturated rings. The summed E-state index contributed by atoms with van der Waals surface area (Å²) in [7, 11) is 0. The SMILES string of the molecule is CCCC(CCC)c1nnc(CCCNC2CC2)o1. The van der Waals surface area contributed by atoms with Crippen molar-refractivity contribution in [2.24, 2.45) is 0 Å². The quantitative estimate of drug-likeness (QED) is 0.658. The molecule has 108 valence electrons. The Morgan fingerprint density at radius 2 is 1.95 bits per heavy atom. The van der Waals surface area contributed by atoms with Gasteiger partial charge in [-0.1, -0.05) is 26.7 Å². The molecule has 1 N–H and O–H groups in total. The van der Waals surface area contributed by atoms with E-state index in [-0.39, 0.29) is 0 Å². The predicted molar refractivity (Wildman–Crippen MR) is 76.2 cm³/mol. The second kappa shape index (κ2) is 7.63. The zero-order chi connectivity index (χ0) is 13.5. The van der Waals surface area contributed by atoms with Gasteiger partial charge in [0, 0.05) is 18.4 Å². The van der Waals surface area contributed by atoms with Crippen LogP contribution in [0.2, 0.25) is 0 Å². The van der Waals surface area contributed by atoms with Crippen LogP contribution in [-0.2, 0) is 6.42 Å². The molecule has 1 aromatic rings. The molecule has 0 aliphatic heterocycles. The van der Waals surface area contributed by atoms with Gasteiger partial charge >= 0.3 is 0 Å². The zero-order valence-corrected chi connectivity index (χ0v) is 12.3. The molecule has 0 atom stereocenters. The predicted octanol–water partition coefficient (Wildman–Crippen LogP) is 3.44. The van der Waals surface area contributed by atoms with Gasteiger partial charge in [-0.3, -0.25) is 0 Å². The van der Waals surface area contributed by atoms with E-state index in [1.807, 2.05) is 0 Å². The third-order valence-electron chi connectivity index (χ3n) is 3.68. The minimum atomic E-state index is 0.459. The summed E-state index contributed by atoms with van der Waals surface area (Å²) in [5, 5.41) is 11.9. The first-order chi connectivity index (χ1) is 9.33. The lowest BCUT2D eigenvalue weighted by molar-refractivity contribution is 0.385. The normalized spacial score (nSPS) is 15.3. The van der Waals surface area contributed by atoms with Gasteiger partial charge in [0.2, 0.25) is 11.8 Å². The fourth-order valence-electron chi connectivity index (χ4n) is 2.45. The number of aryl methyl sites for hydroxylation is 1. The van der Waals surface area contributed by atoms with Gasteiger partial charge in [-0.15, -0.1) is 10.2 Å². The van der Waals surface area contributed by atoms with Gasteiger partial charge in [0.15, 0.2) is 0 Å². The first-order valence-electron chi connectivity index (χ1n) is 7.89. The number of hydrogen-bond donors (Lipinski definition) is 1. The fourth-order valence-corrected chi connectivity index (χ4v) is 2.45. The molecule has 0 saturated heterocycles. The molecule has 1 aromatic heterocycles. The summed E-state index contributed by atoms with van der Waals surface area (Å²) in [4.78, 5) is 0. The summed E-state index contributed by atoms with van der Waals surface area (Å²) in [5.41, 5.74) is 0. The third kappa shape index (κ3) is 4.94. The Balaban J connectivity index is 1.75. The molecule has 4 heteroatoms. The van der Waals surface area contributed by atoms with Gasteiger partial charge in [0.1, 0.15) is 0 Å². The van der Waals surface area contributed by atoms with Crippen molar-refractivity contribution in [2.45, 2.75) is 77.2 Å². The van der Waals surface area contributed by atoms with Gasteiger partial charge < -0.3 is 9.73 Å². The molecule has 0 bridgehead atoms. The summed E-state index contributed by atoms with van der Waals surface area (Å²) < 4.78 is 5.82. The van der Waals surface area contributed by atoms with E-state index in [1.165, 1.54) is 25.7 Å². The van der Waals surface area contributed by atoms with E-state index in [2.05, 4.69) is 29.4 Å².